The summed E-state index contributed by atoms with van der Waals surface area (Å²) in [5, 5.41) is 0. The van der Waals surface area contributed by atoms with E-state index in [4.69, 9.17) is 4.74 Å². The van der Waals surface area contributed by atoms with E-state index >= 15 is 0 Å². The molecule has 4 rings (SSSR count). The summed E-state index contributed by atoms with van der Waals surface area (Å²) in [7, 11) is 0. The van der Waals surface area contributed by atoms with Gasteiger partial charge in [-0.3, -0.25) is 14.4 Å². The molecular weight excluding hydrogens is 414 g/mol. The molecule has 0 aromatic heterocycles. The van der Waals surface area contributed by atoms with Crippen LogP contribution in [0.3, 0.4) is 0 Å². The molecule has 7 heteroatoms. The van der Waals surface area contributed by atoms with Crippen LogP contribution in [-0.2, 0) is 4.74 Å². The Kier molecular flexibility index (Phi) is 5.44. The van der Waals surface area contributed by atoms with Crippen LogP contribution >= 0.6 is 12.6 Å². The summed E-state index contributed by atoms with van der Waals surface area (Å²) in [5.74, 6) is -2.13. The number of amides is 2. The third kappa shape index (κ3) is 3.87. The summed E-state index contributed by atoms with van der Waals surface area (Å²) in [6, 6.07) is 17.8. The van der Waals surface area contributed by atoms with Gasteiger partial charge in [-0.15, -0.1) is 12.6 Å². The monoisotopic (exact) mass is 431 g/mol. The van der Waals surface area contributed by atoms with E-state index in [0.717, 1.165) is 10.5 Å². The van der Waals surface area contributed by atoms with Crippen molar-refractivity contribution in [1.29, 1.82) is 0 Å². The molecule has 6 nitrogen and oxygen atoms in total. The van der Waals surface area contributed by atoms with Gasteiger partial charge in [0.15, 0.2) is 12.4 Å². The predicted molar refractivity (Wildman–Crippen MR) is 117 cm³/mol. The number of ketones is 1. The maximum Gasteiger partial charge on any atom is 0.338 e. The molecule has 0 aliphatic carbocycles. The molecule has 2 amide bonds. The average molecular weight is 431 g/mol. The SMILES string of the molecule is Cc1ccc(C(=O)COC(=O)c2ccc3c(c2)C(=O)N(c2ccccc2S)C3=O)cc1. The number of fused-ring (bicyclic) bond motifs is 1. The topological polar surface area (TPSA) is 80.8 Å². The van der Waals surface area contributed by atoms with Crippen molar-refractivity contribution in [3.05, 3.63) is 94.5 Å². The number of rotatable bonds is 5. The molecule has 0 unspecified atom stereocenters. The normalized spacial score (nSPS) is 12.6. The fourth-order valence-corrected chi connectivity index (χ4v) is 3.54. The van der Waals surface area contributed by atoms with Crippen molar-refractivity contribution in [2.75, 3.05) is 11.5 Å². The van der Waals surface area contributed by atoms with E-state index in [1.54, 1.807) is 48.5 Å². The summed E-state index contributed by atoms with van der Waals surface area (Å²) in [5.41, 5.74) is 2.19. The molecule has 1 aliphatic rings. The minimum atomic E-state index is -0.753. The van der Waals surface area contributed by atoms with Crippen LogP contribution < -0.4 is 4.90 Å². The Morgan fingerprint density at radius 2 is 1.52 bits per heavy atom. The number of aryl methyl sites for hydroxylation is 1. The van der Waals surface area contributed by atoms with E-state index in [1.807, 2.05) is 6.92 Å². The smallest absolute Gasteiger partial charge is 0.338 e. The number of Topliss-reactive ketones (excluding diaryl/α,β-unsaturated/α-hetero) is 1. The predicted octanol–water partition coefficient (Wildman–Crippen LogP) is 4.12. The first-order valence-electron chi connectivity index (χ1n) is 9.44. The van der Waals surface area contributed by atoms with Crippen molar-refractivity contribution in [3.8, 4) is 0 Å². The van der Waals surface area contributed by atoms with E-state index in [-0.39, 0.29) is 22.5 Å². The lowest BCUT2D eigenvalue weighted by Gasteiger charge is -2.15. The Bertz CT molecular complexity index is 1230. The lowest BCUT2D eigenvalue weighted by molar-refractivity contribution is 0.0474. The number of carbonyl (C=O) groups is 4. The van der Waals surface area contributed by atoms with Crippen molar-refractivity contribution in [2.45, 2.75) is 11.8 Å². The van der Waals surface area contributed by atoms with Gasteiger partial charge in [-0.05, 0) is 37.3 Å². The molecule has 0 saturated heterocycles. The number of carbonyl (C=O) groups excluding carboxylic acids is 4. The van der Waals surface area contributed by atoms with Crippen LogP contribution in [0, 0.1) is 6.92 Å². The summed E-state index contributed by atoms with van der Waals surface area (Å²) < 4.78 is 5.12. The zero-order valence-electron chi connectivity index (χ0n) is 16.5. The quantitative estimate of drug-likeness (QED) is 0.284. The minimum absolute atomic E-state index is 0.0811. The third-order valence-electron chi connectivity index (χ3n) is 4.95. The highest BCUT2D eigenvalue weighted by molar-refractivity contribution is 7.80. The lowest BCUT2D eigenvalue weighted by Crippen LogP contribution is -2.29. The van der Waals surface area contributed by atoms with Gasteiger partial charge in [0, 0.05) is 10.5 Å². The molecule has 0 saturated carbocycles. The molecule has 31 heavy (non-hydrogen) atoms. The van der Waals surface area contributed by atoms with E-state index < -0.39 is 24.4 Å². The van der Waals surface area contributed by atoms with Crippen LogP contribution in [0.2, 0.25) is 0 Å². The van der Waals surface area contributed by atoms with Gasteiger partial charge in [-0.25, -0.2) is 9.69 Å². The van der Waals surface area contributed by atoms with Crippen molar-refractivity contribution >= 4 is 41.9 Å². The van der Waals surface area contributed by atoms with Gasteiger partial charge in [0.1, 0.15) is 0 Å². The largest absolute Gasteiger partial charge is 0.454 e. The molecule has 1 heterocycles. The zero-order chi connectivity index (χ0) is 22.1. The first-order chi connectivity index (χ1) is 14.9. The molecule has 0 radical (unpaired) electrons. The Morgan fingerprint density at radius 3 is 2.23 bits per heavy atom. The molecule has 0 N–H and O–H groups in total. The first kappa shape index (κ1) is 20.6. The zero-order valence-corrected chi connectivity index (χ0v) is 17.4. The average Bonchev–Trinajstić information content (AvgIpc) is 3.02. The van der Waals surface area contributed by atoms with Gasteiger partial charge in [-0.2, -0.15) is 0 Å². The Labute approximate surface area is 183 Å². The first-order valence-corrected chi connectivity index (χ1v) is 9.89. The van der Waals surface area contributed by atoms with Crippen LogP contribution in [0.5, 0.6) is 0 Å². The van der Waals surface area contributed by atoms with Crippen LogP contribution in [0.15, 0.2) is 71.6 Å². The highest BCUT2D eigenvalue weighted by Gasteiger charge is 2.38. The summed E-state index contributed by atoms with van der Waals surface area (Å²) in [6.45, 7) is 1.48. The second-order valence-corrected chi connectivity index (χ2v) is 7.54. The summed E-state index contributed by atoms with van der Waals surface area (Å²) in [4.78, 5) is 51.8. The minimum Gasteiger partial charge on any atom is -0.454 e. The van der Waals surface area contributed by atoms with E-state index in [9.17, 15) is 19.2 Å². The Morgan fingerprint density at radius 1 is 0.871 bits per heavy atom. The number of nitrogens with zero attached hydrogens (tertiary/aromatic N) is 1. The van der Waals surface area contributed by atoms with Crippen LogP contribution in [0.1, 0.15) is 47.0 Å². The van der Waals surface area contributed by atoms with Gasteiger partial charge >= 0.3 is 5.97 Å². The van der Waals surface area contributed by atoms with E-state index in [0.29, 0.717) is 16.1 Å². The van der Waals surface area contributed by atoms with E-state index in [1.165, 1.54) is 18.2 Å². The maximum absolute atomic E-state index is 12.9. The van der Waals surface area contributed by atoms with Crippen molar-refractivity contribution in [2.24, 2.45) is 0 Å². The number of thiol groups is 1. The van der Waals surface area contributed by atoms with E-state index in [2.05, 4.69) is 12.6 Å². The molecule has 3 aromatic rings. The Hall–Kier alpha value is -3.71. The summed E-state index contributed by atoms with van der Waals surface area (Å²) >= 11 is 4.32. The van der Waals surface area contributed by atoms with Crippen LogP contribution in [-0.4, -0.2) is 30.2 Å². The van der Waals surface area contributed by atoms with Crippen LogP contribution in [0.25, 0.3) is 0 Å². The highest BCUT2D eigenvalue weighted by Crippen LogP contribution is 2.32. The summed E-state index contributed by atoms with van der Waals surface area (Å²) in [6.07, 6.45) is 0. The number of hydrogen-bond donors (Lipinski definition) is 1. The maximum atomic E-state index is 12.9. The molecule has 0 atom stereocenters. The van der Waals surface area contributed by atoms with Crippen molar-refractivity contribution < 1.29 is 23.9 Å². The standard InChI is InChI=1S/C24H17NO5S/c1-14-6-8-15(9-7-14)20(26)13-30-24(29)16-10-11-17-18(12-16)23(28)25(22(17)27)19-4-2-3-5-21(19)31/h2-12,31H,13H2,1H3. The van der Waals surface area contributed by atoms with Crippen molar-refractivity contribution in [3.63, 3.8) is 0 Å². The molecule has 0 spiro atoms. The number of imide groups is 1. The van der Waals surface area contributed by atoms with Crippen molar-refractivity contribution in [1.82, 2.24) is 0 Å². The van der Waals surface area contributed by atoms with Crippen LogP contribution in [0.4, 0.5) is 5.69 Å². The van der Waals surface area contributed by atoms with Gasteiger partial charge in [-0.1, -0.05) is 42.0 Å². The number of esters is 1. The molecule has 0 bridgehead atoms. The van der Waals surface area contributed by atoms with Gasteiger partial charge in [0.05, 0.1) is 22.4 Å². The third-order valence-corrected chi connectivity index (χ3v) is 5.33. The fourth-order valence-electron chi connectivity index (χ4n) is 3.28. The molecule has 3 aromatic carbocycles. The number of benzene rings is 3. The Balaban J connectivity index is 1.52. The lowest BCUT2D eigenvalue weighted by atomic mass is 10.1. The fraction of sp³-hybridized carbons (Fsp3) is 0.0833. The number of hydrogen-bond acceptors (Lipinski definition) is 6. The molecule has 154 valence electrons. The second kappa shape index (κ2) is 8.20. The molecule has 0 fully saturated rings. The second-order valence-electron chi connectivity index (χ2n) is 7.06. The number of ether oxygens (including phenoxy) is 1. The number of anilines is 1. The van der Waals surface area contributed by atoms with Gasteiger partial charge in [0.2, 0.25) is 0 Å². The van der Waals surface area contributed by atoms with Gasteiger partial charge < -0.3 is 4.74 Å². The van der Waals surface area contributed by atoms with Gasteiger partial charge in [0.25, 0.3) is 11.8 Å². The molecule has 1 aliphatic heterocycles. The number of para-hydroxylation sites is 1. The highest BCUT2D eigenvalue weighted by atomic mass is 32.1. The molecular formula is C24H17NO5S.